The molecule has 0 atom stereocenters. The van der Waals surface area contributed by atoms with Crippen LogP contribution in [0.4, 0.5) is 24.8 Å². The second-order valence-corrected chi connectivity index (χ2v) is 7.47. The zero-order valence-corrected chi connectivity index (χ0v) is 17.9. The number of anilines is 2. The third-order valence-electron chi connectivity index (χ3n) is 5.10. The van der Waals surface area contributed by atoms with Gasteiger partial charge in [0.2, 0.25) is 5.95 Å². The van der Waals surface area contributed by atoms with E-state index in [1.165, 1.54) is 13.2 Å². The topological polar surface area (TPSA) is 99.2 Å². The number of nitrogen functional groups attached to an aromatic ring is 1. The number of halogens is 3. The van der Waals surface area contributed by atoms with Crippen molar-refractivity contribution in [2.45, 2.75) is 12.6 Å². The first-order valence-electron chi connectivity index (χ1n) is 10.1. The number of nitrogens with two attached hydrogens (primary N) is 1. The first-order chi connectivity index (χ1) is 16.2. The van der Waals surface area contributed by atoms with Crippen LogP contribution in [-0.2, 0) is 22.1 Å². The highest BCUT2D eigenvalue weighted by atomic mass is 19.4. The molecular weight excluding hydrogens is 449 g/mol. The lowest BCUT2D eigenvalue weighted by Gasteiger charge is -2.12. The third kappa shape index (κ3) is 4.70. The predicted molar refractivity (Wildman–Crippen MR) is 121 cm³/mol. The van der Waals surface area contributed by atoms with Gasteiger partial charge in [-0.25, -0.2) is 4.98 Å². The third-order valence-corrected chi connectivity index (χ3v) is 5.10. The van der Waals surface area contributed by atoms with Crippen LogP contribution in [0.25, 0.3) is 16.7 Å². The quantitative estimate of drug-likeness (QED) is 0.330. The Bertz CT molecular complexity index is 1400. The summed E-state index contributed by atoms with van der Waals surface area (Å²) in [6.45, 7) is 0. The van der Waals surface area contributed by atoms with Crippen molar-refractivity contribution in [3.63, 3.8) is 0 Å². The first-order valence-corrected chi connectivity index (χ1v) is 10.1. The molecule has 0 radical (unpaired) electrons. The van der Waals surface area contributed by atoms with Crippen molar-refractivity contribution in [2.24, 2.45) is 0 Å². The molecule has 3 N–H and O–H groups in total. The molecule has 0 aliphatic carbocycles. The van der Waals surface area contributed by atoms with Gasteiger partial charge in [-0.3, -0.25) is 19.5 Å². The standard InChI is InChI=1S/C24H19F3N4O3/c1-34-21(32)11-14-8-9-20-19(10-14)29-23(31(20)18-7-3-6-17(28)13-18)30-22(33)15-4-2-5-16(12-15)24(25,26)27/h2-10,12-13H,11,28H2,1H3,(H,29,30,33). The Morgan fingerprint density at radius 1 is 1.06 bits per heavy atom. The van der Waals surface area contributed by atoms with Gasteiger partial charge in [0.15, 0.2) is 0 Å². The van der Waals surface area contributed by atoms with E-state index < -0.39 is 23.6 Å². The first kappa shape index (κ1) is 22.8. The number of ether oxygens (including phenoxy) is 1. The van der Waals surface area contributed by atoms with E-state index in [1.807, 2.05) is 0 Å². The van der Waals surface area contributed by atoms with E-state index in [2.05, 4.69) is 10.3 Å². The Kier molecular flexibility index (Phi) is 5.97. The van der Waals surface area contributed by atoms with Gasteiger partial charge in [0.25, 0.3) is 5.91 Å². The van der Waals surface area contributed by atoms with E-state index in [9.17, 15) is 22.8 Å². The summed E-state index contributed by atoms with van der Waals surface area (Å²) in [7, 11) is 1.29. The van der Waals surface area contributed by atoms with E-state index in [-0.39, 0.29) is 17.9 Å². The lowest BCUT2D eigenvalue weighted by atomic mass is 10.1. The van der Waals surface area contributed by atoms with Crippen molar-refractivity contribution in [1.29, 1.82) is 0 Å². The molecule has 4 aromatic rings. The molecule has 34 heavy (non-hydrogen) atoms. The van der Waals surface area contributed by atoms with Crippen molar-refractivity contribution in [3.05, 3.63) is 83.4 Å². The maximum absolute atomic E-state index is 13.1. The minimum Gasteiger partial charge on any atom is -0.469 e. The molecule has 0 fully saturated rings. The minimum absolute atomic E-state index is 0.0313. The van der Waals surface area contributed by atoms with Gasteiger partial charge < -0.3 is 10.5 Å². The SMILES string of the molecule is COC(=O)Cc1ccc2c(c1)nc(NC(=O)c1cccc(C(F)(F)F)c1)n2-c1cccc(N)c1. The molecule has 7 nitrogen and oxygen atoms in total. The van der Waals surface area contributed by atoms with Crippen molar-refractivity contribution in [3.8, 4) is 5.69 Å². The van der Waals surface area contributed by atoms with Crippen LogP contribution in [0.1, 0.15) is 21.5 Å². The van der Waals surface area contributed by atoms with E-state index >= 15 is 0 Å². The number of fused-ring (bicyclic) bond motifs is 1. The average Bonchev–Trinajstić information content (AvgIpc) is 3.15. The summed E-state index contributed by atoms with van der Waals surface area (Å²) >= 11 is 0. The Balaban J connectivity index is 1.78. The molecule has 4 rings (SSSR count). The maximum atomic E-state index is 13.1. The molecule has 1 heterocycles. The summed E-state index contributed by atoms with van der Waals surface area (Å²) in [6.07, 6.45) is -4.55. The molecule has 1 aromatic heterocycles. The fourth-order valence-corrected chi connectivity index (χ4v) is 3.49. The molecule has 1 amide bonds. The fourth-order valence-electron chi connectivity index (χ4n) is 3.49. The number of hydrogen-bond donors (Lipinski definition) is 2. The lowest BCUT2D eigenvalue weighted by molar-refractivity contribution is -0.140. The smallest absolute Gasteiger partial charge is 0.416 e. The molecule has 0 aliphatic rings. The van der Waals surface area contributed by atoms with Crippen LogP contribution in [0.15, 0.2) is 66.7 Å². The van der Waals surface area contributed by atoms with Gasteiger partial charge in [-0.15, -0.1) is 0 Å². The summed E-state index contributed by atoms with van der Waals surface area (Å²) in [4.78, 5) is 29.0. The molecule has 174 valence electrons. The van der Waals surface area contributed by atoms with Gasteiger partial charge >= 0.3 is 12.1 Å². The van der Waals surface area contributed by atoms with Crippen molar-refractivity contribution < 1.29 is 27.5 Å². The van der Waals surface area contributed by atoms with Gasteiger partial charge in [0.05, 0.1) is 35.8 Å². The number of hydrogen-bond acceptors (Lipinski definition) is 5. The largest absolute Gasteiger partial charge is 0.469 e. The second kappa shape index (κ2) is 8.89. The highest BCUT2D eigenvalue weighted by Gasteiger charge is 2.31. The van der Waals surface area contributed by atoms with Crippen LogP contribution in [-0.4, -0.2) is 28.5 Å². The number of carbonyl (C=O) groups excluding carboxylic acids is 2. The van der Waals surface area contributed by atoms with Gasteiger partial charge in [0, 0.05) is 11.3 Å². The summed E-state index contributed by atoms with van der Waals surface area (Å²) in [5, 5.41) is 2.60. The molecule has 0 unspecified atom stereocenters. The Morgan fingerprint density at radius 2 is 1.82 bits per heavy atom. The van der Waals surface area contributed by atoms with E-state index in [0.717, 1.165) is 18.2 Å². The van der Waals surface area contributed by atoms with E-state index in [4.69, 9.17) is 10.5 Å². The number of nitrogens with one attached hydrogen (secondary N) is 1. The number of benzene rings is 3. The van der Waals surface area contributed by atoms with E-state index in [1.54, 1.807) is 47.0 Å². The highest BCUT2D eigenvalue weighted by molar-refractivity contribution is 6.04. The zero-order valence-electron chi connectivity index (χ0n) is 17.9. The molecular formula is C24H19F3N4O3. The Hall–Kier alpha value is -4.34. The number of esters is 1. The molecule has 10 heteroatoms. The molecule has 0 bridgehead atoms. The molecule has 0 spiro atoms. The number of amides is 1. The zero-order chi connectivity index (χ0) is 24.5. The number of carbonyl (C=O) groups is 2. The number of alkyl halides is 3. The number of nitrogens with zero attached hydrogens (tertiary/aromatic N) is 2. The molecule has 3 aromatic carbocycles. The minimum atomic E-state index is -4.58. The van der Waals surface area contributed by atoms with Crippen LogP contribution in [0, 0.1) is 0 Å². The van der Waals surface area contributed by atoms with Gasteiger partial charge in [-0.1, -0.05) is 18.2 Å². The normalized spacial score (nSPS) is 11.4. The number of imidazole rings is 1. The van der Waals surface area contributed by atoms with Crippen molar-refractivity contribution >= 4 is 34.5 Å². The van der Waals surface area contributed by atoms with E-state index in [0.29, 0.717) is 28.0 Å². The van der Waals surface area contributed by atoms with Gasteiger partial charge in [0.1, 0.15) is 0 Å². The van der Waals surface area contributed by atoms with Crippen molar-refractivity contribution in [1.82, 2.24) is 9.55 Å². The summed E-state index contributed by atoms with van der Waals surface area (Å²) in [5.41, 5.74) is 7.57. The number of aromatic nitrogens is 2. The van der Waals surface area contributed by atoms with Crippen LogP contribution >= 0.6 is 0 Å². The molecule has 0 aliphatic heterocycles. The average molecular weight is 468 g/mol. The summed E-state index contributed by atoms with van der Waals surface area (Å²) in [5.74, 6) is -1.10. The maximum Gasteiger partial charge on any atom is 0.416 e. The number of rotatable bonds is 5. The summed E-state index contributed by atoms with van der Waals surface area (Å²) in [6, 6.07) is 16.1. The fraction of sp³-hybridized carbons (Fsp3) is 0.125. The van der Waals surface area contributed by atoms with Gasteiger partial charge in [-0.05, 0) is 54.1 Å². The molecule has 0 saturated heterocycles. The van der Waals surface area contributed by atoms with Gasteiger partial charge in [-0.2, -0.15) is 13.2 Å². The lowest BCUT2D eigenvalue weighted by Crippen LogP contribution is -2.16. The Morgan fingerprint density at radius 3 is 2.53 bits per heavy atom. The van der Waals surface area contributed by atoms with Crippen LogP contribution in [0.5, 0.6) is 0 Å². The highest BCUT2D eigenvalue weighted by Crippen LogP contribution is 2.30. The summed E-state index contributed by atoms with van der Waals surface area (Å²) < 4.78 is 45.6. The van der Waals surface area contributed by atoms with Crippen LogP contribution < -0.4 is 11.1 Å². The molecule has 0 saturated carbocycles. The van der Waals surface area contributed by atoms with Crippen LogP contribution in [0.3, 0.4) is 0 Å². The Labute approximate surface area is 192 Å². The second-order valence-electron chi connectivity index (χ2n) is 7.47. The number of methoxy groups -OCH3 is 1. The van der Waals surface area contributed by atoms with Crippen LogP contribution in [0.2, 0.25) is 0 Å². The van der Waals surface area contributed by atoms with Crippen molar-refractivity contribution in [2.75, 3.05) is 18.2 Å². The monoisotopic (exact) mass is 468 g/mol. The predicted octanol–water partition coefficient (Wildman–Crippen LogP) is 4.59.